The van der Waals surface area contributed by atoms with Gasteiger partial charge in [-0.2, -0.15) is 0 Å². The number of hydrogen-bond donors (Lipinski definition) is 0. The van der Waals surface area contributed by atoms with Crippen LogP contribution < -0.4 is 0 Å². The summed E-state index contributed by atoms with van der Waals surface area (Å²) in [7, 11) is -0.775. The van der Waals surface area contributed by atoms with E-state index in [0.717, 1.165) is 24.2 Å². The number of rotatable bonds is 0. The van der Waals surface area contributed by atoms with E-state index >= 15 is 0 Å². The van der Waals surface area contributed by atoms with Crippen LogP contribution in [0, 0.1) is 12.3 Å². The standard InChI is InChI=1S/C7H8OS/c1-2-7-4-3-5-9(8)6-7/h1,6H,3-5H2. The van der Waals surface area contributed by atoms with Crippen molar-refractivity contribution in [2.75, 3.05) is 5.75 Å². The molecule has 9 heavy (non-hydrogen) atoms. The second kappa shape index (κ2) is 2.84. The summed E-state index contributed by atoms with van der Waals surface area (Å²) in [6.07, 6.45) is 7.02. The number of hydrogen-bond acceptors (Lipinski definition) is 1. The van der Waals surface area contributed by atoms with E-state index < -0.39 is 10.8 Å². The maximum atomic E-state index is 10.8. The summed E-state index contributed by atoms with van der Waals surface area (Å²) in [6, 6.07) is 0. The van der Waals surface area contributed by atoms with E-state index in [1.807, 2.05) is 0 Å². The fourth-order valence-corrected chi connectivity index (χ4v) is 1.84. The highest BCUT2D eigenvalue weighted by molar-refractivity contribution is 7.88. The van der Waals surface area contributed by atoms with Crippen LogP contribution in [0.1, 0.15) is 12.8 Å². The third kappa shape index (κ3) is 1.69. The van der Waals surface area contributed by atoms with Gasteiger partial charge in [-0.15, -0.1) is 6.42 Å². The second-order valence-electron chi connectivity index (χ2n) is 1.98. The van der Waals surface area contributed by atoms with Crippen molar-refractivity contribution < 1.29 is 4.21 Å². The maximum Gasteiger partial charge on any atom is 0.0465 e. The zero-order valence-corrected chi connectivity index (χ0v) is 5.91. The van der Waals surface area contributed by atoms with Crippen molar-refractivity contribution >= 4 is 10.8 Å². The Bertz CT molecular complexity index is 197. The molecule has 1 aliphatic heterocycles. The van der Waals surface area contributed by atoms with Gasteiger partial charge < -0.3 is 0 Å². The Hall–Kier alpha value is -0.550. The Kier molecular flexibility index (Phi) is 2.07. The van der Waals surface area contributed by atoms with Gasteiger partial charge in [0.15, 0.2) is 0 Å². The van der Waals surface area contributed by atoms with Gasteiger partial charge >= 0.3 is 0 Å². The molecule has 0 saturated carbocycles. The van der Waals surface area contributed by atoms with Crippen LogP contribution in [-0.2, 0) is 10.8 Å². The van der Waals surface area contributed by atoms with Crippen molar-refractivity contribution in [3.05, 3.63) is 11.0 Å². The topological polar surface area (TPSA) is 17.1 Å². The predicted octanol–water partition coefficient (Wildman–Crippen LogP) is 1.05. The summed E-state index contributed by atoms with van der Waals surface area (Å²) in [4.78, 5) is 0. The zero-order valence-electron chi connectivity index (χ0n) is 5.09. The van der Waals surface area contributed by atoms with Crippen LogP contribution in [0.4, 0.5) is 0 Å². The minimum absolute atomic E-state index is 0.775. The third-order valence-corrected chi connectivity index (χ3v) is 2.49. The van der Waals surface area contributed by atoms with Crippen LogP contribution in [0.25, 0.3) is 0 Å². The van der Waals surface area contributed by atoms with E-state index in [1.165, 1.54) is 0 Å². The molecule has 0 saturated heterocycles. The lowest BCUT2D eigenvalue weighted by Gasteiger charge is -2.04. The van der Waals surface area contributed by atoms with E-state index in [2.05, 4.69) is 5.92 Å². The summed E-state index contributed by atoms with van der Waals surface area (Å²) in [5.41, 5.74) is 0.902. The van der Waals surface area contributed by atoms with Gasteiger partial charge in [0.1, 0.15) is 0 Å². The molecule has 48 valence electrons. The second-order valence-corrected chi connectivity index (χ2v) is 3.38. The molecule has 1 unspecified atom stereocenters. The molecule has 0 aromatic rings. The Morgan fingerprint density at radius 2 is 2.56 bits per heavy atom. The molecule has 1 rings (SSSR count). The average molecular weight is 140 g/mol. The van der Waals surface area contributed by atoms with Gasteiger partial charge in [0.25, 0.3) is 0 Å². The van der Waals surface area contributed by atoms with Gasteiger partial charge in [0.05, 0.1) is 0 Å². The van der Waals surface area contributed by atoms with Crippen LogP contribution in [-0.4, -0.2) is 9.96 Å². The first kappa shape index (κ1) is 6.57. The van der Waals surface area contributed by atoms with Gasteiger partial charge in [-0.1, -0.05) is 5.92 Å². The maximum absolute atomic E-state index is 10.8. The smallest absolute Gasteiger partial charge is 0.0465 e. The molecule has 0 aromatic heterocycles. The lowest BCUT2D eigenvalue weighted by Crippen LogP contribution is -2.01. The summed E-state index contributed by atoms with van der Waals surface area (Å²) in [5.74, 6) is 3.29. The van der Waals surface area contributed by atoms with Crippen LogP contribution in [0.2, 0.25) is 0 Å². The summed E-state index contributed by atoms with van der Waals surface area (Å²) in [6.45, 7) is 0. The summed E-state index contributed by atoms with van der Waals surface area (Å²) in [5, 5.41) is 1.68. The van der Waals surface area contributed by atoms with Crippen molar-refractivity contribution in [3.63, 3.8) is 0 Å². The molecule has 1 aliphatic rings. The van der Waals surface area contributed by atoms with Gasteiger partial charge in [0.2, 0.25) is 0 Å². The highest BCUT2D eigenvalue weighted by atomic mass is 32.2. The molecule has 0 bridgehead atoms. The molecular formula is C7H8OS. The molecule has 0 radical (unpaired) electrons. The Morgan fingerprint density at radius 1 is 1.78 bits per heavy atom. The van der Waals surface area contributed by atoms with Gasteiger partial charge in [-0.25, -0.2) is 0 Å². The molecule has 1 nitrogen and oxygen atoms in total. The Morgan fingerprint density at radius 3 is 3.00 bits per heavy atom. The van der Waals surface area contributed by atoms with E-state index in [4.69, 9.17) is 6.42 Å². The number of terminal acetylenes is 1. The fraction of sp³-hybridized carbons (Fsp3) is 0.429. The molecule has 0 fully saturated rings. The molecule has 2 heteroatoms. The Balaban J connectivity index is 2.74. The van der Waals surface area contributed by atoms with E-state index in [9.17, 15) is 4.21 Å². The first-order valence-corrected chi connectivity index (χ1v) is 4.25. The predicted molar refractivity (Wildman–Crippen MR) is 39.2 cm³/mol. The quantitative estimate of drug-likeness (QED) is 0.459. The van der Waals surface area contributed by atoms with Crippen molar-refractivity contribution in [2.24, 2.45) is 0 Å². The van der Waals surface area contributed by atoms with E-state index in [0.29, 0.717) is 0 Å². The lowest BCUT2D eigenvalue weighted by atomic mass is 10.2. The van der Waals surface area contributed by atoms with Crippen LogP contribution in [0.15, 0.2) is 11.0 Å². The van der Waals surface area contributed by atoms with Gasteiger partial charge in [0, 0.05) is 27.5 Å². The summed E-state index contributed by atoms with van der Waals surface area (Å²) < 4.78 is 10.8. The van der Waals surface area contributed by atoms with Gasteiger partial charge in [-0.3, -0.25) is 4.21 Å². The van der Waals surface area contributed by atoms with Crippen LogP contribution in [0.5, 0.6) is 0 Å². The van der Waals surface area contributed by atoms with Crippen molar-refractivity contribution in [3.8, 4) is 12.3 Å². The molecule has 0 amide bonds. The monoisotopic (exact) mass is 140 g/mol. The molecule has 0 N–H and O–H groups in total. The van der Waals surface area contributed by atoms with Crippen LogP contribution in [0.3, 0.4) is 0 Å². The third-order valence-electron chi connectivity index (χ3n) is 1.25. The Labute approximate surface area is 57.6 Å². The van der Waals surface area contributed by atoms with Crippen molar-refractivity contribution in [1.29, 1.82) is 0 Å². The molecule has 0 aliphatic carbocycles. The first-order chi connectivity index (χ1) is 4.33. The largest absolute Gasteiger partial charge is 0.255 e. The highest BCUT2D eigenvalue weighted by Gasteiger charge is 2.05. The van der Waals surface area contributed by atoms with Crippen molar-refractivity contribution in [2.45, 2.75) is 12.8 Å². The average Bonchev–Trinajstić information content (AvgIpc) is 1.88. The molecular weight excluding hydrogens is 132 g/mol. The van der Waals surface area contributed by atoms with Gasteiger partial charge in [-0.05, 0) is 12.8 Å². The minimum atomic E-state index is -0.775. The normalized spacial score (nSPS) is 26.6. The van der Waals surface area contributed by atoms with Crippen LogP contribution >= 0.6 is 0 Å². The number of allylic oxidation sites excluding steroid dienone is 1. The van der Waals surface area contributed by atoms with E-state index in [-0.39, 0.29) is 0 Å². The zero-order chi connectivity index (χ0) is 6.69. The SMILES string of the molecule is C#CC1=CS(=O)CCC1. The minimum Gasteiger partial charge on any atom is -0.255 e. The molecule has 1 heterocycles. The molecule has 1 atom stereocenters. The summed E-state index contributed by atoms with van der Waals surface area (Å²) >= 11 is 0. The van der Waals surface area contributed by atoms with E-state index in [1.54, 1.807) is 5.41 Å². The highest BCUT2D eigenvalue weighted by Crippen LogP contribution is 2.11. The molecule has 0 aromatic carbocycles. The molecule has 0 spiro atoms. The lowest BCUT2D eigenvalue weighted by molar-refractivity contribution is 0.683. The first-order valence-electron chi connectivity index (χ1n) is 2.87. The van der Waals surface area contributed by atoms with Crippen molar-refractivity contribution in [1.82, 2.24) is 0 Å². The fourth-order valence-electron chi connectivity index (χ4n) is 0.788.